The average molecular weight is 459 g/mol. The molecule has 172 valence electrons. The number of amides is 2. The van der Waals surface area contributed by atoms with Gasteiger partial charge in [-0.2, -0.15) is 0 Å². The van der Waals surface area contributed by atoms with Crippen molar-refractivity contribution in [2.45, 2.75) is 65.6 Å². The quantitative estimate of drug-likeness (QED) is 0.650. The summed E-state index contributed by atoms with van der Waals surface area (Å²) >= 11 is 1.44. The summed E-state index contributed by atoms with van der Waals surface area (Å²) in [5.41, 5.74) is 2.71. The number of rotatable bonds is 7. The van der Waals surface area contributed by atoms with E-state index in [-0.39, 0.29) is 36.1 Å². The van der Waals surface area contributed by atoms with E-state index in [9.17, 15) is 14.0 Å². The molecular weight excluding hydrogens is 427 g/mol. The number of benzene rings is 1. The zero-order valence-electron chi connectivity index (χ0n) is 19.5. The molecule has 1 N–H and O–H groups in total. The molecule has 2 atom stereocenters. The van der Waals surface area contributed by atoms with Gasteiger partial charge in [0.1, 0.15) is 5.82 Å². The van der Waals surface area contributed by atoms with Crippen LogP contribution in [0.3, 0.4) is 0 Å². The highest BCUT2D eigenvalue weighted by Crippen LogP contribution is 2.45. The lowest BCUT2D eigenvalue weighted by atomic mass is 9.92. The maximum atomic E-state index is 13.7. The van der Waals surface area contributed by atoms with Crippen LogP contribution in [0.4, 0.5) is 4.39 Å². The fraction of sp³-hybridized carbons (Fsp3) is 0.458. The third-order valence-electron chi connectivity index (χ3n) is 5.87. The minimum absolute atomic E-state index is 0.00585. The van der Waals surface area contributed by atoms with Gasteiger partial charge in [-0.05, 0) is 57.2 Å². The lowest BCUT2D eigenvalue weighted by Crippen LogP contribution is -2.43. The third kappa shape index (κ3) is 4.90. The molecule has 1 aromatic carbocycles. The first-order chi connectivity index (χ1) is 15.1. The van der Waals surface area contributed by atoms with Crippen LogP contribution in [0.25, 0.3) is 0 Å². The first kappa shape index (κ1) is 24.0. The molecule has 0 bridgehead atoms. The Hall–Kier alpha value is -2.61. The number of carbonyl (C=O) groups is 2. The Labute approximate surface area is 193 Å². The Morgan fingerprint density at radius 3 is 2.50 bits per heavy atom. The largest absolute Gasteiger partial charge is 0.353 e. The van der Waals surface area contributed by atoms with Crippen molar-refractivity contribution in [3.05, 3.63) is 58.0 Å². The van der Waals surface area contributed by atoms with Crippen molar-refractivity contribution in [3.63, 3.8) is 0 Å². The lowest BCUT2D eigenvalue weighted by Gasteiger charge is -2.38. The topological polar surface area (TPSA) is 65.0 Å². The second kappa shape index (κ2) is 9.90. The van der Waals surface area contributed by atoms with Crippen LogP contribution in [-0.2, 0) is 9.59 Å². The number of likely N-dealkylation sites (N-methyl/N-ethyl adjacent to an activating group) is 1. The molecule has 6 nitrogen and oxygen atoms in total. The molecule has 3 rings (SSSR count). The van der Waals surface area contributed by atoms with Gasteiger partial charge >= 0.3 is 0 Å². The number of allylic oxidation sites excluding steroid dienone is 1. The van der Waals surface area contributed by atoms with Crippen LogP contribution in [0.1, 0.15) is 59.1 Å². The zero-order chi connectivity index (χ0) is 23.6. The van der Waals surface area contributed by atoms with E-state index in [0.29, 0.717) is 16.4 Å². The predicted molar refractivity (Wildman–Crippen MR) is 127 cm³/mol. The standard InChI is InChI=1S/C24H31FN4O2S/c1-7-15(4)26-20(30)12-19-13-32-24-27-16(5)21(23(31)28(6)14(2)3)22(29(19)24)17-8-10-18(25)11-9-17/h8-11,13-15,22H,7,12H2,1-6H3,(H,26,30). The van der Waals surface area contributed by atoms with Gasteiger partial charge in [0.15, 0.2) is 5.17 Å². The van der Waals surface area contributed by atoms with Gasteiger partial charge in [-0.25, -0.2) is 9.38 Å². The first-order valence-electron chi connectivity index (χ1n) is 10.9. The smallest absolute Gasteiger partial charge is 0.254 e. The maximum absolute atomic E-state index is 13.7. The van der Waals surface area contributed by atoms with Crippen LogP contribution in [0.2, 0.25) is 0 Å². The molecule has 2 amide bonds. The molecule has 2 unspecified atom stereocenters. The number of hydrogen-bond donors (Lipinski definition) is 1. The Bertz CT molecular complexity index is 984. The van der Waals surface area contributed by atoms with Crippen molar-refractivity contribution in [2.24, 2.45) is 4.99 Å². The second-order valence-electron chi connectivity index (χ2n) is 8.51. The van der Waals surface area contributed by atoms with Crippen molar-refractivity contribution < 1.29 is 14.0 Å². The van der Waals surface area contributed by atoms with Gasteiger partial charge in [-0.3, -0.25) is 9.59 Å². The molecular formula is C24H31FN4O2S. The number of fused-ring (bicyclic) bond motifs is 1. The van der Waals surface area contributed by atoms with E-state index in [1.54, 1.807) is 24.1 Å². The Morgan fingerprint density at radius 1 is 1.25 bits per heavy atom. The van der Waals surface area contributed by atoms with Gasteiger partial charge in [0.25, 0.3) is 5.91 Å². The van der Waals surface area contributed by atoms with Crippen LogP contribution < -0.4 is 5.32 Å². The summed E-state index contributed by atoms with van der Waals surface area (Å²) in [5.74, 6) is -0.551. The Morgan fingerprint density at radius 2 is 1.91 bits per heavy atom. The minimum Gasteiger partial charge on any atom is -0.353 e. The van der Waals surface area contributed by atoms with Crippen molar-refractivity contribution in [1.82, 2.24) is 15.1 Å². The van der Waals surface area contributed by atoms with Crippen LogP contribution in [0.5, 0.6) is 0 Å². The number of carbonyl (C=O) groups excluding carboxylic acids is 2. The highest BCUT2D eigenvalue weighted by atomic mass is 32.2. The van der Waals surface area contributed by atoms with Gasteiger partial charge in [-0.1, -0.05) is 30.8 Å². The summed E-state index contributed by atoms with van der Waals surface area (Å²) in [5, 5.41) is 5.63. The summed E-state index contributed by atoms with van der Waals surface area (Å²) in [6, 6.07) is 5.77. The molecule has 0 aliphatic carbocycles. The number of amidine groups is 1. The van der Waals surface area contributed by atoms with Crippen molar-refractivity contribution in [3.8, 4) is 0 Å². The van der Waals surface area contributed by atoms with E-state index in [1.807, 2.05) is 44.9 Å². The van der Waals surface area contributed by atoms with E-state index in [4.69, 9.17) is 4.99 Å². The molecule has 0 spiro atoms. The number of thioether (sulfide) groups is 1. The molecule has 0 radical (unpaired) electrons. The second-order valence-corrected chi connectivity index (χ2v) is 9.34. The maximum Gasteiger partial charge on any atom is 0.254 e. The molecule has 1 aromatic rings. The Kier molecular flexibility index (Phi) is 7.44. The average Bonchev–Trinajstić information content (AvgIpc) is 3.13. The molecule has 32 heavy (non-hydrogen) atoms. The fourth-order valence-corrected chi connectivity index (χ4v) is 4.58. The molecule has 2 aliphatic rings. The van der Waals surface area contributed by atoms with Crippen LogP contribution in [-0.4, -0.2) is 45.9 Å². The lowest BCUT2D eigenvalue weighted by molar-refractivity contribution is -0.128. The summed E-state index contributed by atoms with van der Waals surface area (Å²) in [4.78, 5) is 34.5. The predicted octanol–water partition coefficient (Wildman–Crippen LogP) is 4.57. The van der Waals surface area contributed by atoms with Gasteiger partial charge in [0.05, 0.1) is 23.7 Å². The van der Waals surface area contributed by atoms with Crippen LogP contribution >= 0.6 is 11.8 Å². The third-order valence-corrected chi connectivity index (χ3v) is 6.76. The molecule has 0 saturated heterocycles. The van der Waals surface area contributed by atoms with Crippen molar-refractivity contribution in [2.75, 3.05) is 7.05 Å². The van der Waals surface area contributed by atoms with E-state index in [2.05, 4.69) is 5.32 Å². The van der Waals surface area contributed by atoms with E-state index in [0.717, 1.165) is 17.7 Å². The molecule has 0 saturated carbocycles. The van der Waals surface area contributed by atoms with Crippen molar-refractivity contribution >= 4 is 28.7 Å². The number of hydrogen-bond acceptors (Lipinski definition) is 5. The van der Waals surface area contributed by atoms with E-state index < -0.39 is 6.04 Å². The monoisotopic (exact) mass is 458 g/mol. The van der Waals surface area contributed by atoms with E-state index >= 15 is 0 Å². The number of halogens is 1. The highest BCUT2D eigenvalue weighted by Gasteiger charge is 2.41. The highest BCUT2D eigenvalue weighted by molar-refractivity contribution is 8.16. The summed E-state index contributed by atoms with van der Waals surface area (Å²) in [6.07, 6.45) is 1.02. The van der Waals surface area contributed by atoms with Crippen LogP contribution in [0.15, 0.2) is 51.6 Å². The normalized spacial score (nSPS) is 18.9. The molecule has 8 heteroatoms. The SMILES string of the molecule is CCC(C)NC(=O)CC1=CSC2=NC(C)=C(C(=O)N(C)C(C)C)C(c3ccc(F)cc3)N12. The minimum atomic E-state index is -0.491. The van der Waals surface area contributed by atoms with Gasteiger partial charge in [0, 0.05) is 24.8 Å². The molecule has 2 heterocycles. The summed E-state index contributed by atoms with van der Waals surface area (Å²) < 4.78 is 13.7. The van der Waals surface area contributed by atoms with Gasteiger partial charge < -0.3 is 15.1 Å². The van der Waals surface area contributed by atoms with Gasteiger partial charge in [0.2, 0.25) is 5.91 Å². The Balaban J connectivity index is 2.03. The molecule has 2 aliphatic heterocycles. The molecule has 0 fully saturated rings. The van der Waals surface area contributed by atoms with Crippen LogP contribution in [0, 0.1) is 5.82 Å². The van der Waals surface area contributed by atoms with Gasteiger partial charge in [-0.15, -0.1) is 0 Å². The summed E-state index contributed by atoms with van der Waals surface area (Å²) in [7, 11) is 1.77. The zero-order valence-corrected chi connectivity index (χ0v) is 20.3. The summed E-state index contributed by atoms with van der Waals surface area (Å²) in [6.45, 7) is 9.72. The number of aliphatic imine (C=N–C) groups is 1. The number of nitrogens with zero attached hydrogens (tertiary/aromatic N) is 3. The van der Waals surface area contributed by atoms with E-state index in [1.165, 1.54) is 23.9 Å². The number of nitrogens with one attached hydrogen (secondary N) is 1. The fourth-order valence-electron chi connectivity index (χ4n) is 3.62. The first-order valence-corrected chi connectivity index (χ1v) is 11.8. The van der Waals surface area contributed by atoms with Crippen molar-refractivity contribution in [1.29, 1.82) is 0 Å². The molecule has 0 aromatic heterocycles.